The van der Waals surface area contributed by atoms with Gasteiger partial charge in [0.2, 0.25) is 11.8 Å². The molecular formula is C28H32BrN3O6S. The van der Waals surface area contributed by atoms with E-state index >= 15 is 0 Å². The van der Waals surface area contributed by atoms with Crippen LogP contribution in [-0.4, -0.2) is 58.5 Å². The van der Waals surface area contributed by atoms with Crippen molar-refractivity contribution >= 4 is 43.5 Å². The number of hydrogen-bond donors (Lipinski definition) is 1. The van der Waals surface area contributed by atoms with Gasteiger partial charge in [-0.15, -0.1) is 0 Å². The molecule has 0 aliphatic rings. The molecule has 0 heterocycles. The van der Waals surface area contributed by atoms with E-state index in [1.807, 2.05) is 24.3 Å². The molecule has 2 amide bonds. The van der Waals surface area contributed by atoms with Crippen LogP contribution < -0.4 is 19.1 Å². The van der Waals surface area contributed by atoms with E-state index in [4.69, 9.17) is 9.47 Å². The first-order valence-electron chi connectivity index (χ1n) is 12.2. The highest BCUT2D eigenvalue weighted by Gasteiger charge is 2.32. The third kappa shape index (κ3) is 7.30. The van der Waals surface area contributed by atoms with Gasteiger partial charge in [0.25, 0.3) is 10.0 Å². The highest BCUT2D eigenvalue weighted by molar-refractivity contribution is 9.10. The second-order valence-electron chi connectivity index (χ2n) is 8.58. The molecule has 3 aromatic rings. The summed E-state index contributed by atoms with van der Waals surface area (Å²) in [5.41, 5.74) is 0.991. The van der Waals surface area contributed by atoms with Gasteiger partial charge in [0, 0.05) is 23.6 Å². The molecule has 1 atom stereocenters. The van der Waals surface area contributed by atoms with Gasteiger partial charge < -0.3 is 19.7 Å². The zero-order chi connectivity index (χ0) is 28.6. The molecule has 0 unspecified atom stereocenters. The minimum atomic E-state index is -4.18. The number of hydrogen-bond acceptors (Lipinski definition) is 6. The monoisotopic (exact) mass is 617 g/mol. The van der Waals surface area contributed by atoms with Gasteiger partial charge in [-0.3, -0.25) is 13.9 Å². The zero-order valence-electron chi connectivity index (χ0n) is 22.3. The number of anilines is 1. The van der Waals surface area contributed by atoms with Gasteiger partial charge in [-0.25, -0.2) is 8.42 Å². The van der Waals surface area contributed by atoms with Crippen LogP contribution in [0.2, 0.25) is 0 Å². The van der Waals surface area contributed by atoms with Crippen molar-refractivity contribution in [1.82, 2.24) is 10.2 Å². The van der Waals surface area contributed by atoms with Gasteiger partial charge in [-0.2, -0.15) is 0 Å². The predicted octanol–water partition coefficient (Wildman–Crippen LogP) is 4.22. The first-order valence-corrected chi connectivity index (χ1v) is 14.5. The number of amides is 2. The van der Waals surface area contributed by atoms with Crippen LogP contribution in [0.25, 0.3) is 0 Å². The Morgan fingerprint density at radius 3 is 2.18 bits per heavy atom. The molecule has 0 aliphatic heterocycles. The van der Waals surface area contributed by atoms with Crippen LogP contribution in [0.4, 0.5) is 5.69 Å². The Morgan fingerprint density at radius 1 is 0.949 bits per heavy atom. The molecule has 39 heavy (non-hydrogen) atoms. The van der Waals surface area contributed by atoms with Crippen LogP contribution in [0.5, 0.6) is 11.5 Å². The smallest absolute Gasteiger partial charge is 0.264 e. The fourth-order valence-corrected chi connectivity index (χ4v) is 5.61. The van der Waals surface area contributed by atoms with E-state index in [9.17, 15) is 18.0 Å². The van der Waals surface area contributed by atoms with Crippen LogP contribution >= 0.6 is 15.9 Å². The van der Waals surface area contributed by atoms with Gasteiger partial charge in [-0.05, 0) is 55.8 Å². The SMILES string of the molecule is CCNC(=O)[C@H](C)N(Cc1ccc(Br)cc1)C(=O)CN(c1ccc(OC)c(OC)c1)S(=O)(=O)c1ccccc1. The minimum Gasteiger partial charge on any atom is -0.493 e. The standard InChI is InChI=1S/C28H32BrN3O6S/c1-5-30-28(34)20(2)31(18-21-11-13-22(29)14-12-21)27(33)19-32(39(35,36)24-9-7-6-8-10-24)23-15-16-25(37-3)26(17-23)38-4/h6-17,20H,5,18-19H2,1-4H3,(H,30,34)/t20-/m0/s1. The van der Waals surface area contributed by atoms with E-state index in [1.165, 1.54) is 37.3 Å². The molecule has 11 heteroatoms. The Bertz CT molecular complexity index is 1380. The van der Waals surface area contributed by atoms with Crippen molar-refractivity contribution in [3.63, 3.8) is 0 Å². The fraction of sp³-hybridized carbons (Fsp3) is 0.286. The number of carbonyl (C=O) groups is 2. The summed E-state index contributed by atoms with van der Waals surface area (Å²) in [5, 5.41) is 2.74. The molecule has 0 saturated carbocycles. The first-order chi connectivity index (χ1) is 18.6. The number of nitrogens with zero attached hydrogens (tertiary/aromatic N) is 2. The molecule has 0 bridgehead atoms. The summed E-state index contributed by atoms with van der Waals surface area (Å²) in [4.78, 5) is 28.1. The molecule has 9 nitrogen and oxygen atoms in total. The van der Waals surface area contributed by atoms with Crippen molar-refractivity contribution in [3.05, 3.63) is 82.8 Å². The summed E-state index contributed by atoms with van der Waals surface area (Å²) in [6, 6.07) is 19.0. The summed E-state index contributed by atoms with van der Waals surface area (Å²) in [6.07, 6.45) is 0. The number of ether oxygens (including phenoxy) is 2. The molecular weight excluding hydrogens is 586 g/mol. The lowest BCUT2D eigenvalue weighted by Gasteiger charge is -2.32. The van der Waals surface area contributed by atoms with Gasteiger partial charge in [0.1, 0.15) is 12.6 Å². The summed E-state index contributed by atoms with van der Waals surface area (Å²) in [7, 11) is -1.26. The molecule has 0 fully saturated rings. The van der Waals surface area contributed by atoms with E-state index in [1.54, 1.807) is 44.2 Å². The maximum absolute atomic E-state index is 13.9. The summed E-state index contributed by atoms with van der Waals surface area (Å²) in [6.45, 7) is 3.36. The maximum atomic E-state index is 13.9. The molecule has 0 aromatic heterocycles. The van der Waals surface area contributed by atoms with Gasteiger partial charge in [-0.1, -0.05) is 46.3 Å². The van der Waals surface area contributed by atoms with Crippen LogP contribution in [0.1, 0.15) is 19.4 Å². The third-order valence-corrected chi connectivity index (χ3v) is 8.37. The number of sulfonamides is 1. The van der Waals surface area contributed by atoms with Crippen molar-refractivity contribution in [2.45, 2.75) is 31.3 Å². The molecule has 3 aromatic carbocycles. The largest absolute Gasteiger partial charge is 0.493 e. The maximum Gasteiger partial charge on any atom is 0.264 e. The fourth-order valence-electron chi connectivity index (χ4n) is 3.92. The average Bonchev–Trinajstić information content (AvgIpc) is 2.95. The molecule has 0 spiro atoms. The average molecular weight is 619 g/mol. The van der Waals surface area contributed by atoms with Crippen molar-refractivity contribution in [2.24, 2.45) is 0 Å². The van der Waals surface area contributed by atoms with Crippen LogP contribution in [-0.2, 0) is 26.2 Å². The summed E-state index contributed by atoms with van der Waals surface area (Å²) in [5.74, 6) is -0.179. The zero-order valence-corrected chi connectivity index (χ0v) is 24.7. The quantitative estimate of drug-likeness (QED) is 0.326. The van der Waals surface area contributed by atoms with Crippen LogP contribution in [0.15, 0.2) is 82.2 Å². The van der Waals surface area contributed by atoms with E-state index < -0.39 is 28.5 Å². The number of rotatable bonds is 12. The number of nitrogens with one attached hydrogen (secondary N) is 1. The number of halogens is 1. The second kappa shape index (κ2) is 13.5. The Labute approximate surface area is 237 Å². The van der Waals surface area contributed by atoms with Crippen molar-refractivity contribution in [3.8, 4) is 11.5 Å². The third-order valence-electron chi connectivity index (χ3n) is 6.05. The minimum absolute atomic E-state index is 0.0174. The predicted molar refractivity (Wildman–Crippen MR) is 153 cm³/mol. The number of benzene rings is 3. The number of carbonyl (C=O) groups excluding carboxylic acids is 2. The Morgan fingerprint density at radius 2 is 1.59 bits per heavy atom. The summed E-state index contributed by atoms with van der Waals surface area (Å²) < 4.78 is 40.3. The van der Waals surface area contributed by atoms with Crippen LogP contribution in [0.3, 0.4) is 0 Å². The Hall–Kier alpha value is -3.57. The highest BCUT2D eigenvalue weighted by atomic mass is 79.9. The highest BCUT2D eigenvalue weighted by Crippen LogP contribution is 2.34. The van der Waals surface area contributed by atoms with Crippen LogP contribution in [0, 0.1) is 0 Å². The molecule has 0 saturated heterocycles. The van der Waals surface area contributed by atoms with Gasteiger partial charge in [0.15, 0.2) is 11.5 Å². The van der Waals surface area contributed by atoms with E-state index in [0.717, 1.165) is 14.3 Å². The topological polar surface area (TPSA) is 105 Å². The molecule has 0 aliphatic carbocycles. The van der Waals surface area contributed by atoms with Gasteiger partial charge >= 0.3 is 0 Å². The number of methoxy groups -OCH3 is 2. The molecule has 3 rings (SSSR count). The normalized spacial score (nSPS) is 11.8. The van der Waals surface area contributed by atoms with Crippen molar-refractivity contribution in [2.75, 3.05) is 31.6 Å². The van der Waals surface area contributed by atoms with Crippen molar-refractivity contribution in [1.29, 1.82) is 0 Å². The Kier molecular flexibility index (Phi) is 10.4. The van der Waals surface area contributed by atoms with E-state index in [0.29, 0.717) is 18.0 Å². The Balaban J connectivity index is 2.07. The van der Waals surface area contributed by atoms with E-state index in [-0.39, 0.29) is 23.0 Å². The molecule has 208 valence electrons. The lowest BCUT2D eigenvalue weighted by atomic mass is 10.1. The molecule has 0 radical (unpaired) electrons. The summed E-state index contributed by atoms with van der Waals surface area (Å²) >= 11 is 3.40. The van der Waals surface area contributed by atoms with Gasteiger partial charge in [0.05, 0.1) is 24.8 Å². The number of likely N-dealkylation sites (N-methyl/N-ethyl adjacent to an activating group) is 1. The lowest BCUT2D eigenvalue weighted by Crippen LogP contribution is -2.51. The first kappa shape index (κ1) is 30.0. The molecule has 1 N–H and O–H groups in total. The second-order valence-corrected chi connectivity index (χ2v) is 11.4. The van der Waals surface area contributed by atoms with E-state index in [2.05, 4.69) is 21.2 Å². The lowest BCUT2D eigenvalue weighted by molar-refractivity contribution is -0.139. The van der Waals surface area contributed by atoms with Crippen molar-refractivity contribution < 1.29 is 27.5 Å².